The van der Waals surface area contributed by atoms with Crippen molar-refractivity contribution in [1.82, 2.24) is 4.98 Å². The molecular weight excluding hydrogens is 186 g/mol. The third kappa shape index (κ3) is 1.33. The van der Waals surface area contributed by atoms with Crippen LogP contribution in [0.2, 0.25) is 0 Å². The van der Waals surface area contributed by atoms with E-state index in [0.717, 1.165) is 11.8 Å². The van der Waals surface area contributed by atoms with Crippen molar-refractivity contribution in [2.45, 2.75) is 5.22 Å². The summed E-state index contributed by atoms with van der Waals surface area (Å²) in [5.74, 6) is 0. The van der Waals surface area contributed by atoms with E-state index < -0.39 is 0 Å². The van der Waals surface area contributed by atoms with Crippen LogP contribution in [0.4, 0.5) is 0 Å². The van der Waals surface area contributed by atoms with Crippen LogP contribution in [0.3, 0.4) is 0 Å². The van der Waals surface area contributed by atoms with Gasteiger partial charge < -0.3 is 4.42 Å². The molecule has 0 bridgehead atoms. The van der Waals surface area contributed by atoms with E-state index in [2.05, 4.69) is 4.98 Å². The maximum atomic E-state index is 10.6. The van der Waals surface area contributed by atoms with E-state index in [-0.39, 0.29) is 0 Å². The number of aldehydes is 1. The van der Waals surface area contributed by atoms with Crippen molar-refractivity contribution in [3.05, 3.63) is 23.8 Å². The minimum atomic E-state index is 0.547. The number of oxazole rings is 1. The standard InChI is InChI=1S/C9H7NO2S/c1-13-9-10-7-4-2-3-6(5-11)8(7)12-9/h2-5H,1H3. The molecule has 0 fully saturated rings. The summed E-state index contributed by atoms with van der Waals surface area (Å²) in [7, 11) is 0. The van der Waals surface area contributed by atoms with Crippen molar-refractivity contribution < 1.29 is 9.21 Å². The fourth-order valence-electron chi connectivity index (χ4n) is 1.13. The molecule has 0 saturated carbocycles. The molecule has 0 unspecified atom stereocenters. The first-order chi connectivity index (χ1) is 6.35. The lowest BCUT2D eigenvalue weighted by molar-refractivity contribution is 0.112. The fourth-order valence-corrected chi connectivity index (χ4v) is 1.49. The van der Waals surface area contributed by atoms with Crippen molar-refractivity contribution in [1.29, 1.82) is 0 Å². The maximum Gasteiger partial charge on any atom is 0.256 e. The van der Waals surface area contributed by atoms with Crippen LogP contribution < -0.4 is 0 Å². The van der Waals surface area contributed by atoms with Gasteiger partial charge in [0, 0.05) is 0 Å². The Morgan fingerprint density at radius 3 is 3.08 bits per heavy atom. The summed E-state index contributed by atoms with van der Waals surface area (Å²) < 4.78 is 5.36. The molecule has 0 aliphatic heterocycles. The molecule has 0 amide bonds. The Labute approximate surface area is 79.1 Å². The lowest BCUT2D eigenvalue weighted by Crippen LogP contribution is -1.78. The van der Waals surface area contributed by atoms with Crippen molar-refractivity contribution in [3.63, 3.8) is 0 Å². The van der Waals surface area contributed by atoms with E-state index in [1.807, 2.05) is 12.3 Å². The molecule has 1 heterocycles. The SMILES string of the molecule is CSc1nc2cccc(C=O)c2o1. The zero-order valence-electron chi connectivity index (χ0n) is 6.98. The summed E-state index contributed by atoms with van der Waals surface area (Å²) in [6.45, 7) is 0. The molecule has 1 aromatic heterocycles. The molecule has 0 saturated heterocycles. The van der Waals surface area contributed by atoms with Crippen molar-refractivity contribution in [2.24, 2.45) is 0 Å². The number of carbonyl (C=O) groups excluding carboxylic acids is 1. The average Bonchev–Trinajstić information content (AvgIpc) is 2.59. The third-order valence-corrected chi connectivity index (χ3v) is 2.25. The lowest BCUT2D eigenvalue weighted by Gasteiger charge is -1.88. The molecule has 0 radical (unpaired) electrons. The molecule has 0 N–H and O–H groups in total. The van der Waals surface area contributed by atoms with Gasteiger partial charge in [-0.1, -0.05) is 17.8 Å². The molecule has 3 nitrogen and oxygen atoms in total. The highest BCUT2D eigenvalue weighted by molar-refractivity contribution is 7.98. The minimum absolute atomic E-state index is 0.547. The van der Waals surface area contributed by atoms with Crippen molar-refractivity contribution in [2.75, 3.05) is 6.26 Å². The van der Waals surface area contributed by atoms with E-state index in [4.69, 9.17) is 4.42 Å². The Morgan fingerprint density at radius 2 is 2.38 bits per heavy atom. The number of fused-ring (bicyclic) bond motifs is 1. The Morgan fingerprint density at radius 1 is 1.54 bits per heavy atom. The molecule has 4 heteroatoms. The number of rotatable bonds is 2. The van der Waals surface area contributed by atoms with E-state index in [0.29, 0.717) is 16.4 Å². The number of nitrogens with zero attached hydrogens (tertiary/aromatic N) is 1. The quantitative estimate of drug-likeness (QED) is 0.542. The normalized spacial score (nSPS) is 10.5. The van der Waals surface area contributed by atoms with Crippen LogP contribution in [-0.4, -0.2) is 17.5 Å². The zero-order valence-corrected chi connectivity index (χ0v) is 7.80. The second-order valence-corrected chi connectivity index (χ2v) is 3.25. The number of hydrogen-bond acceptors (Lipinski definition) is 4. The number of benzene rings is 1. The molecule has 13 heavy (non-hydrogen) atoms. The molecule has 0 atom stereocenters. The largest absolute Gasteiger partial charge is 0.431 e. The maximum absolute atomic E-state index is 10.6. The van der Waals surface area contributed by atoms with Crippen LogP contribution in [0.5, 0.6) is 0 Å². The average molecular weight is 193 g/mol. The van der Waals surface area contributed by atoms with E-state index in [1.54, 1.807) is 12.1 Å². The van der Waals surface area contributed by atoms with Crippen LogP contribution in [0.25, 0.3) is 11.1 Å². The highest BCUT2D eigenvalue weighted by atomic mass is 32.2. The van der Waals surface area contributed by atoms with Gasteiger partial charge >= 0.3 is 0 Å². The van der Waals surface area contributed by atoms with Gasteiger partial charge in [-0.15, -0.1) is 0 Å². The summed E-state index contributed by atoms with van der Waals surface area (Å²) >= 11 is 1.42. The number of aromatic nitrogens is 1. The van der Waals surface area contributed by atoms with Crippen LogP contribution in [0.15, 0.2) is 27.8 Å². The Hall–Kier alpha value is -1.29. The Bertz CT molecular complexity index is 450. The predicted octanol–water partition coefficient (Wildman–Crippen LogP) is 2.36. The molecule has 1 aromatic carbocycles. The van der Waals surface area contributed by atoms with E-state index >= 15 is 0 Å². The van der Waals surface area contributed by atoms with Crippen molar-refractivity contribution >= 4 is 29.1 Å². The topological polar surface area (TPSA) is 43.1 Å². The second-order valence-electron chi connectivity index (χ2n) is 2.50. The molecule has 0 aliphatic carbocycles. The van der Waals surface area contributed by atoms with Crippen molar-refractivity contribution in [3.8, 4) is 0 Å². The number of carbonyl (C=O) groups is 1. The zero-order chi connectivity index (χ0) is 9.26. The minimum Gasteiger partial charge on any atom is -0.431 e. The summed E-state index contributed by atoms with van der Waals surface area (Å²) in [5, 5.41) is 0.587. The van der Waals surface area contributed by atoms with Gasteiger partial charge in [0.25, 0.3) is 5.22 Å². The molecule has 0 aliphatic rings. The summed E-state index contributed by atoms with van der Waals surface area (Å²) in [5.41, 5.74) is 1.85. The van der Waals surface area contributed by atoms with Crippen LogP contribution >= 0.6 is 11.8 Å². The number of hydrogen-bond donors (Lipinski definition) is 0. The summed E-state index contributed by atoms with van der Waals surface area (Å²) in [6.07, 6.45) is 2.66. The first-order valence-electron chi connectivity index (χ1n) is 3.74. The summed E-state index contributed by atoms with van der Waals surface area (Å²) in [6, 6.07) is 5.33. The fraction of sp³-hybridized carbons (Fsp3) is 0.111. The highest BCUT2D eigenvalue weighted by Crippen LogP contribution is 2.23. The first-order valence-corrected chi connectivity index (χ1v) is 4.96. The van der Waals surface area contributed by atoms with Gasteiger partial charge in [0.05, 0.1) is 5.56 Å². The number of para-hydroxylation sites is 1. The predicted molar refractivity (Wildman–Crippen MR) is 51.2 cm³/mol. The Kier molecular flexibility index (Phi) is 2.06. The van der Waals surface area contributed by atoms with Gasteiger partial charge in [0.2, 0.25) is 0 Å². The molecule has 2 aromatic rings. The second kappa shape index (κ2) is 3.22. The van der Waals surface area contributed by atoms with E-state index in [9.17, 15) is 4.79 Å². The number of thioether (sulfide) groups is 1. The molecule has 66 valence electrons. The van der Waals surface area contributed by atoms with Gasteiger partial charge in [-0.25, -0.2) is 4.98 Å². The van der Waals surface area contributed by atoms with E-state index in [1.165, 1.54) is 11.8 Å². The smallest absolute Gasteiger partial charge is 0.256 e. The lowest BCUT2D eigenvalue weighted by atomic mass is 10.2. The molecule has 2 rings (SSSR count). The van der Waals surface area contributed by atoms with Gasteiger partial charge in [0.15, 0.2) is 11.9 Å². The monoisotopic (exact) mass is 193 g/mol. The Balaban J connectivity index is 2.74. The van der Waals surface area contributed by atoms with Crippen LogP contribution in [0, 0.1) is 0 Å². The van der Waals surface area contributed by atoms with Gasteiger partial charge in [0.1, 0.15) is 5.52 Å². The van der Waals surface area contributed by atoms with Gasteiger partial charge in [-0.05, 0) is 18.4 Å². The van der Waals surface area contributed by atoms with Crippen LogP contribution in [0.1, 0.15) is 10.4 Å². The van der Waals surface area contributed by atoms with Gasteiger partial charge in [-0.2, -0.15) is 0 Å². The molecule has 0 spiro atoms. The third-order valence-electron chi connectivity index (χ3n) is 1.73. The van der Waals surface area contributed by atoms with Crippen LogP contribution in [-0.2, 0) is 0 Å². The van der Waals surface area contributed by atoms with Gasteiger partial charge in [-0.3, -0.25) is 4.79 Å². The molecular formula is C9H7NO2S. The first kappa shape index (κ1) is 8.31. The summed E-state index contributed by atoms with van der Waals surface area (Å²) in [4.78, 5) is 14.8. The highest BCUT2D eigenvalue weighted by Gasteiger charge is 2.07.